The second-order valence-corrected chi connectivity index (χ2v) is 5.96. The fourth-order valence-electron chi connectivity index (χ4n) is 2.00. The molecule has 1 atom stereocenters. The van der Waals surface area contributed by atoms with Crippen LogP contribution in [-0.2, 0) is 6.54 Å². The first-order chi connectivity index (χ1) is 7.27. The molecule has 0 radical (unpaired) electrons. The van der Waals surface area contributed by atoms with Crippen LogP contribution in [0, 0.1) is 0 Å². The van der Waals surface area contributed by atoms with Crippen LogP contribution in [0.5, 0.6) is 0 Å². The molecule has 4 heteroatoms. The molecule has 1 aromatic rings. The first-order valence-electron chi connectivity index (χ1n) is 5.40. The normalized spacial score (nSPS) is 22.2. The van der Waals surface area contributed by atoms with Crippen molar-refractivity contribution in [2.75, 3.05) is 20.1 Å². The van der Waals surface area contributed by atoms with E-state index in [2.05, 4.69) is 44.6 Å². The summed E-state index contributed by atoms with van der Waals surface area (Å²) in [6.07, 6.45) is 2.63. The number of rotatable bonds is 3. The molecule has 0 saturated carbocycles. The zero-order chi connectivity index (χ0) is 10.7. The number of likely N-dealkylation sites (N-methyl/N-ethyl adjacent to an activating group) is 1. The third-order valence-electron chi connectivity index (χ3n) is 2.98. The van der Waals surface area contributed by atoms with Crippen LogP contribution >= 0.6 is 27.3 Å². The highest BCUT2D eigenvalue weighted by Gasteiger charge is 2.18. The van der Waals surface area contributed by atoms with Crippen LogP contribution in [0.1, 0.15) is 17.7 Å². The lowest BCUT2D eigenvalue weighted by atomic mass is 10.1. The van der Waals surface area contributed by atoms with Crippen LogP contribution in [0.25, 0.3) is 0 Å². The quantitative estimate of drug-likeness (QED) is 0.920. The lowest BCUT2D eigenvalue weighted by Gasteiger charge is -2.31. The highest BCUT2D eigenvalue weighted by molar-refractivity contribution is 9.10. The standard InChI is InChI=1S/C11H17BrN2S/c1-14(9-3-2-5-13-7-9)8-11-10(12)4-6-15-11/h4,6,9,13H,2-3,5,7-8H2,1H3. The Morgan fingerprint density at radius 1 is 1.67 bits per heavy atom. The molecule has 0 aliphatic carbocycles. The van der Waals surface area contributed by atoms with Crippen LogP contribution in [0.4, 0.5) is 0 Å². The van der Waals surface area contributed by atoms with E-state index in [0.29, 0.717) is 6.04 Å². The van der Waals surface area contributed by atoms with E-state index in [1.807, 2.05) is 11.3 Å². The van der Waals surface area contributed by atoms with Gasteiger partial charge in [0.2, 0.25) is 0 Å². The minimum absolute atomic E-state index is 0.702. The van der Waals surface area contributed by atoms with E-state index >= 15 is 0 Å². The molecule has 15 heavy (non-hydrogen) atoms. The molecule has 0 spiro atoms. The molecule has 1 fully saturated rings. The minimum Gasteiger partial charge on any atom is -0.315 e. The van der Waals surface area contributed by atoms with Crippen molar-refractivity contribution in [3.05, 3.63) is 20.8 Å². The number of piperidine rings is 1. The second kappa shape index (κ2) is 5.43. The minimum atomic E-state index is 0.702. The van der Waals surface area contributed by atoms with Gasteiger partial charge in [-0.15, -0.1) is 11.3 Å². The van der Waals surface area contributed by atoms with Gasteiger partial charge in [-0.25, -0.2) is 0 Å². The second-order valence-electron chi connectivity index (χ2n) is 4.11. The number of nitrogens with one attached hydrogen (secondary N) is 1. The molecule has 0 bridgehead atoms. The summed E-state index contributed by atoms with van der Waals surface area (Å²) in [5, 5.41) is 5.61. The van der Waals surface area contributed by atoms with Crippen LogP contribution in [-0.4, -0.2) is 31.1 Å². The Bertz CT molecular complexity index is 307. The maximum absolute atomic E-state index is 3.59. The molecule has 1 N–H and O–H groups in total. The molecule has 1 aliphatic heterocycles. The average molecular weight is 289 g/mol. The fourth-order valence-corrected chi connectivity index (χ4v) is 3.54. The van der Waals surface area contributed by atoms with Gasteiger partial charge < -0.3 is 5.32 Å². The van der Waals surface area contributed by atoms with E-state index in [1.165, 1.54) is 28.7 Å². The molecule has 2 nitrogen and oxygen atoms in total. The van der Waals surface area contributed by atoms with Gasteiger partial charge in [-0.1, -0.05) is 0 Å². The Morgan fingerprint density at radius 3 is 3.13 bits per heavy atom. The van der Waals surface area contributed by atoms with E-state index in [-0.39, 0.29) is 0 Å². The zero-order valence-electron chi connectivity index (χ0n) is 9.00. The number of hydrogen-bond acceptors (Lipinski definition) is 3. The molecule has 1 aliphatic rings. The summed E-state index contributed by atoms with van der Waals surface area (Å²) in [5.41, 5.74) is 0. The lowest BCUT2D eigenvalue weighted by Crippen LogP contribution is -2.43. The predicted molar refractivity (Wildman–Crippen MR) is 69.4 cm³/mol. The van der Waals surface area contributed by atoms with Crippen LogP contribution in [0.15, 0.2) is 15.9 Å². The summed E-state index contributed by atoms with van der Waals surface area (Å²) >= 11 is 5.42. The summed E-state index contributed by atoms with van der Waals surface area (Å²) in [7, 11) is 2.23. The van der Waals surface area contributed by atoms with Crippen molar-refractivity contribution in [1.29, 1.82) is 0 Å². The maximum Gasteiger partial charge on any atom is 0.0339 e. The molecule has 2 rings (SSSR count). The first-order valence-corrected chi connectivity index (χ1v) is 7.07. The lowest BCUT2D eigenvalue weighted by molar-refractivity contribution is 0.197. The topological polar surface area (TPSA) is 15.3 Å². The number of hydrogen-bond donors (Lipinski definition) is 1. The van der Waals surface area contributed by atoms with Gasteiger partial charge in [0.1, 0.15) is 0 Å². The Balaban J connectivity index is 1.91. The summed E-state index contributed by atoms with van der Waals surface area (Å²) in [6.45, 7) is 3.39. The summed E-state index contributed by atoms with van der Waals surface area (Å²) in [6, 6.07) is 2.83. The molecular formula is C11H17BrN2S. The van der Waals surface area contributed by atoms with E-state index in [9.17, 15) is 0 Å². The smallest absolute Gasteiger partial charge is 0.0339 e. The van der Waals surface area contributed by atoms with Crippen molar-refractivity contribution < 1.29 is 0 Å². The van der Waals surface area contributed by atoms with E-state index in [4.69, 9.17) is 0 Å². The Hall–Kier alpha value is 0.1000. The van der Waals surface area contributed by atoms with Crippen molar-refractivity contribution >= 4 is 27.3 Å². The molecular weight excluding hydrogens is 272 g/mol. The van der Waals surface area contributed by atoms with Crippen LogP contribution in [0.2, 0.25) is 0 Å². The summed E-state index contributed by atoms with van der Waals surface area (Å²) in [4.78, 5) is 3.89. The average Bonchev–Trinajstić information content (AvgIpc) is 2.66. The van der Waals surface area contributed by atoms with Gasteiger partial charge in [0.15, 0.2) is 0 Å². The fraction of sp³-hybridized carbons (Fsp3) is 0.636. The van der Waals surface area contributed by atoms with Crippen molar-refractivity contribution in [3.63, 3.8) is 0 Å². The molecule has 1 saturated heterocycles. The Morgan fingerprint density at radius 2 is 2.53 bits per heavy atom. The molecule has 2 heterocycles. The Labute approximate surface area is 104 Å². The highest BCUT2D eigenvalue weighted by atomic mass is 79.9. The number of halogens is 1. The zero-order valence-corrected chi connectivity index (χ0v) is 11.4. The van der Waals surface area contributed by atoms with Gasteiger partial charge in [-0.2, -0.15) is 0 Å². The van der Waals surface area contributed by atoms with Gasteiger partial charge in [0.25, 0.3) is 0 Å². The van der Waals surface area contributed by atoms with Gasteiger partial charge in [0.05, 0.1) is 0 Å². The Kier molecular flexibility index (Phi) is 4.20. The van der Waals surface area contributed by atoms with E-state index in [1.54, 1.807) is 0 Å². The highest BCUT2D eigenvalue weighted by Crippen LogP contribution is 2.25. The maximum atomic E-state index is 3.59. The van der Waals surface area contributed by atoms with Gasteiger partial charge in [-0.3, -0.25) is 4.90 Å². The van der Waals surface area contributed by atoms with E-state index in [0.717, 1.165) is 13.1 Å². The third kappa shape index (κ3) is 3.03. The molecule has 84 valence electrons. The van der Waals surface area contributed by atoms with Crippen molar-refractivity contribution in [3.8, 4) is 0 Å². The monoisotopic (exact) mass is 288 g/mol. The largest absolute Gasteiger partial charge is 0.315 e. The summed E-state index contributed by atoms with van der Waals surface area (Å²) in [5.74, 6) is 0. The molecule has 1 aromatic heterocycles. The van der Waals surface area contributed by atoms with Gasteiger partial charge in [-0.05, 0) is 53.8 Å². The van der Waals surface area contributed by atoms with Crippen molar-refractivity contribution in [2.24, 2.45) is 0 Å². The third-order valence-corrected chi connectivity index (χ3v) is 4.89. The SMILES string of the molecule is CN(Cc1sccc1Br)C1CCCNC1. The van der Waals surface area contributed by atoms with Gasteiger partial charge >= 0.3 is 0 Å². The van der Waals surface area contributed by atoms with Crippen LogP contribution < -0.4 is 5.32 Å². The first kappa shape index (κ1) is 11.6. The molecule has 0 amide bonds. The number of nitrogens with zero attached hydrogens (tertiary/aromatic N) is 1. The van der Waals surface area contributed by atoms with E-state index < -0.39 is 0 Å². The molecule has 0 aromatic carbocycles. The summed E-state index contributed by atoms with van der Waals surface area (Å²) < 4.78 is 1.25. The van der Waals surface area contributed by atoms with Crippen LogP contribution in [0.3, 0.4) is 0 Å². The predicted octanol–water partition coefficient (Wildman–Crippen LogP) is 2.69. The number of thiophene rings is 1. The van der Waals surface area contributed by atoms with Crippen molar-refractivity contribution in [1.82, 2.24) is 10.2 Å². The van der Waals surface area contributed by atoms with Gasteiger partial charge in [0, 0.05) is 28.5 Å². The van der Waals surface area contributed by atoms with Crippen molar-refractivity contribution in [2.45, 2.75) is 25.4 Å². The molecule has 1 unspecified atom stereocenters.